The molecule has 0 atom stereocenters. The molecule has 16 heavy (non-hydrogen) atoms. The molecule has 1 saturated heterocycles. The SMILES string of the molecule is Cc1cc(N)cc(N2CCC(CO)CC2)c1. The number of nitrogens with zero attached hydrogens (tertiary/aromatic N) is 1. The minimum Gasteiger partial charge on any atom is -0.399 e. The fourth-order valence-electron chi connectivity index (χ4n) is 2.35. The van der Waals surface area contributed by atoms with E-state index in [9.17, 15) is 0 Å². The summed E-state index contributed by atoms with van der Waals surface area (Å²) in [4.78, 5) is 2.36. The molecule has 1 aromatic rings. The lowest BCUT2D eigenvalue weighted by atomic mass is 9.97. The van der Waals surface area contributed by atoms with E-state index in [1.54, 1.807) is 0 Å². The Morgan fingerprint density at radius 3 is 2.56 bits per heavy atom. The summed E-state index contributed by atoms with van der Waals surface area (Å²) in [6.07, 6.45) is 2.15. The number of anilines is 2. The second kappa shape index (κ2) is 4.74. The number of aliphatic hydroxyl groups excluding tert-OH is 1. The molecule has 0 bridgehead atoms. The van der Waals surface area contributed by atoms with Crippen LogP contribution in [0.4, 0.5) is 11.4 Å². The van der Waals surface area contributed by atoms with Crippen molar-refractivity contribution in [2.45, 2.75) is 19.8 Å². The summed E-state index contributed by atoms with van der Waals surface area (Å²) in [6.45, 7) is 4.44. The molecule has 0 spiro atoms. The molecule has 0 unspecified atom stereocenters. The van der Waals surface area contributed by atoms with Crippen LogP contribution in [0.25, 0.3) is 0 Å². The number of rotatable bonds is 2. The van der Waals surface area contributed by atoms with Gasteiger partial charge in [-0.05, 0) is 49.4 Å². The van der Waals surface area contributed by atoms with Gasteiger partial charge < -0.3 is 15.7 Å². The Bertz CT molecular complexity index is 337. The van der Waals surface area contributed by atoms with Crippen molar-refractivity contribution in [3.63, 3.8) is 0 Å². The summed E-state index contributed by atoms with van der Waals surface area (Å²) in [5, 5.41) is 9.10. The van der Waals surface area contributed by atoms with Crippen LogP contribution < -0.4 is 10.6 Å². The monoisotopic (exact) mass is 220 g/mol. The molecule has 1 aliphatic heterocycles. The number of benzene rings is 1. The Hall–Kier alpha value is -1.22. The third kappa shape index (κ3) is 2.47. The van der Waals surface area contributed by atoms with Gasteiger partial charge in [-0.1, -0.05) is 0 Å². The molecule has 1 fully saturated rings. The van der Waals surface area contributed by atoms with Crippen LogP contribution in [0.3, 0.4) is 0 Å². The first-order valence-electron chi connectivity index (χ1n) is 5.92. The Morgan fingerprint density at radius 2 is 2.00 bits per heavy atom. The summed E-state index contributed by atoms with van der Waals surface area (Å²) in [5.41, 5.74) is 9.11. The third-order valence-electron chi connectivity index (χ3n) is 3.32. The Labute approximate surface area is 96.9 Å². The summed E-state index contributed by atoms with van der Waals surface area (Å²) in [6, 6.07) is 6.20. The maximum atomic E-state index is 9.10. The number of aliphatic hydroxyl groups is 1. The van der Waals surface area contributed by atoms with Crippen molar-refractivity contribution in [3.05, 3.63) is 23.8 Å². The number of nitrogen functional groups attached to an aromatic ring is 1. The van der Waals surface area contributed by atoms with E-state index >= 15 is 0 Å². The topological polar surface area (TPSA) is 49.5 Å². The summed E-state index contributed by atoms with van der Waals surface area (Å²) in [5.74, 6) is 0.485. The van der Waals surface area contributed by atoms with Crippen LogP contribution in [-0.2, 0) is 0 Å². The zero-order valence-electron chi connectivity index (χ0n) is 9.82. The van der Waals surface area contributed by atoms with Crippen molar-refractivity contribution in [1.29, 1.82) is 0 Å². The van der Waals surface area contributed by atoms with Crippen molar-refractivity contribution < 1.29 is 5.11 Å². The molecule has 3 nitrogen and oxygen atoms in total. The van der Waals surface area contributed by atoms with E-state index in [0.29, 0.717) is 12.5 Å². The van der Waals surface area contributed by atoms with Crippen molar-refractivity contribution in [3.8, 4) is 0 Å². The van der Waals surface area contributed by atoms with Crippen LogP contribution >= 0.6 is 0 Å². The molecule has 1 heterocycles. The van der Waals surface area contributed by atoms with Crippen molar-refractivity contribution in [1.82, 2.24) is 0 Å². The van der Waals surface area contributed by atoms with Crippen LogP contribution in [0.2, 0.25) is 0 Å². The standard InChI is InChI=1S/C13H20N2O/c1-10-6-12(14)8-13(7-10)15-4-2-11(9-16)3-5-15/h6-8,11,16H,2-5,9,14H2,1H3. The molecule has 1 aromatic carbocycles. The van der Waals surface area contributed by atoms with Crippen LogP contribution in [-0.4, -0.2) is 24.8 Å². The van der Waals surface area contributed by atoms with Gasteiger partial charge in [0.25, 0.3) is 0 Å². The van der Waals surface area contributed by atoms with E-state index in [1.807, 2.05) is 12.1 Å². The zero-order valence-corrected chi connectivity index (χ0v) is 9.82. The highest BCUT2D eigenvalue weighted by Crippen LogP contribution is 2.25. The molecule has 88 valence electrons. The van der Waals surface area contributed by atoms with Crippen LogP contribution in [0.1, 0.15) is 18.4 Å². The van der Waals surface area contributed by atoms with Crippen molar-refractivity contribution >= 4 is 11.4 Å². The van der Waals surface area contributed by atoms with E-state index in [-0.39, 0.29) is 0 Å². The summed E-state index contributed by atoms with van der Waals surface area (Å²) in [7, 11) is 0. The molecule has 0 saturated carbocycles. The van der Waals surface area contributed by atoms with E-state index in [1.165, 1.54) is 11.3 Å². The fourth-order valence-corrected chi connectivity index (χ4v) is 2.35. The fraction of sp³-hybridized carbons (Fsp3) is 0.538. The summed E-state index contributed by atoms with van der Waals surface area (Å²) >= 11 is 0. The zero-order chi connectivity index (χ0) is 11.5. The molecule has 0 aliphatic carbocycles. The quantitative estimate of drug-likeness (QED) is 0.747. The molecule has 1 aliphatic rings. The number of hydrogen-bond acceptors (Lipinski definition) is 3. The molecule has 0 amide bonds. The van der Waals surface area contributed by atoms with Crippen molar-refractivity contribution in [2.24, 2.45) is 5.92 Å². The Balaban J connectivity index is 2.08. The first kappa shape index (κ1) is 11.3. The number of hydrogen-bond donors (Lipinski definition) is 2. The van der Waals surface area contributed by atoms with Crippen LogP contribution in [0.5, 0.6) is 0 Å². The van der Waals surface area contributed by atoms with Gasteiger partial charge in [0.05, 0.1) is 0 Å². The molecule has 2 rings (SSSR count). The van der Waals surface area contributed by atoms with E-state index in [2.05, 4.69) is 17.9 Å². The first-order valence-corrected chi connectivity index (χ1v) is 5.92. The predicted molar refractivity (Wildman–Crippen MR) is 67.6 cm³/mol. The third-order valence-corrected chi connectivity index (χ3v) is 3.32. The molecular formula is C13H20N2O. The molecule has 3 N–H and O–H groups in total. The van der Waals surface area contributed by atoms with E-state index < -0.39 is 0 Å². The van der Waals surface area contributed by atoms with E-state index in [4.69, 9.17) is 10.8 Å². The first-order chi connectivity index (χ1) is 7.69. The van der Waals surface area contributed by atoms with Gasteiger partial charge in [0.2, 0.25) is 0 Å². The van der Waals surface area contributed by atoms with Crippen LogP contribution in [0, 0.1) is 12.8 Å². The highest BCUT2D eigenvalue weighted by molar-refractivity contribution is 5.58. The number of aryl methyl sites for hydroxylation is 1. The van der Waals surface area contributed by atoms with Crippen molar-refractivity contribution in [2.75, 3.05) is 30.3 Å². The van der Waals surface area contributed by atoms with Gasteiger partial charge in [-0.15, -0.1) is 0 Å². The highest BCUT2D eigenvalue weighted by Gasteiger charge is 2.18. The largest absolute Gasteiger partial charge is 0.399 e. The molecule has 0 radical (unpaired) electrons. The van der Waals surface area contributed by atoms with Gasteiger partial charge in [0.1, 0.15) is 0 Å². The van der Waals surface area contributed by atoms with Gasteiger partial charge in [0, 0.05) is 31.1 Å². The Kier molecular flexibility index (Phi) is 3.34. The summed E-state index contributed by atoms with van der Waals surface area (Å²) < 4.78 is 0. The number of nitrogens with two attached hydrogens (primary N) is 1. The molecule has 0 aromatic heterocycles. The molecular weight excluding hydrogens is 200 g/mol. The maximum absolute atomic E-state index is 9.10. The van der Waals surface area contributed by atoms with Gasteiger partial charge in [-0.25, -0.2) is 0 Å². The Morgan fingerprint density at radius 1 is 1.31 bits per heavy atom. The van der Waals surface area contributed by atoms with Crippen LogP contribution in [0.15, 0.2) is 18.2 Å². The highest BCUT2D eigenvalue weighted by atomic mass is 16.3. The second-order valence-electron chi connectivity index (χ2n) is 4.71. The minimum absolute atomic E-state index is 0.323. The van der Waals surface area contributed by atoms with Gasteiger partial charge in [-0.2, -0.15) is 0 Å². The molecule has 3 heteroatoms. The second-order valence-corrected chi connectivity index (χ2v) is 4.71. The normalized spacial score (nSPS) is 17.8. The van der Waals surface area contributed by atoms with Gasteiger partial charge in [0.15, 0.2) is 0 Å². The average Bonchev–Trinajstić information content (AvgIpc) is 2.28. The lowest BCUT2D eigenvalue weighted by molar-refractivity contribution is 0.203. The predicted octanol–water partition coefficient (Wildman–Crippen LogP) is 1.79. The maximum Gasteiger partial charge on any atom is 0.0460 e. The lowest BCUT2D eigenvalue weighted by Crippen LogP contribution is -2.34. The van der Waals surface area contributed by atoms with Gasteiger partial charge in [-0.3, -0.25) is 0 Å². The minimum atomic E-state index is 0.323. The number of piperidine rings is 1. The van der Waals surface area contributed by atoms with E-state index in [0.717, 1.165) is 31.6 Å². The average molecular weight is 220 g/mol. The lowest BCUT2D eigenvalue weighted by Gasteiger charge is -2.33. The van der Waals surface area contributed by atoms with Gasteiger partial charge >= 0.3 is 0 Å². The smallest absolute Gasteiger partial charge is 0.0460 e.